The highest BCUT2D eigenvalue weighted by Gasteiger charge is 2.38. The van der Waals surface area contributed by atoms with Crippen molar-refractivity contribution in [1.29, 1.82) is 0 Å². The van der Waals surface area contributed by atoms with E-state index in [9.17, 15) is 0 Å². The predicted octanol–water partition coefficient (Wildman–Crippen LogP) is 4.44. The second-order valence-electron chi connectivity index (χ2n) is 7.35. The van der Waals surface area contributed by atoms with E-state index in [0.717, 1.165) is 23.1 Å². The van der Waals surface area contributed by atoms with E-state index in [1.807, 2.05) is 6.07 Å². The van der Waals surface area contributed by atoms with Gasteiger partial charge in [-0.1, -0.05) is 27.7 Å². The minimum Gasteiger partial charge on any atom is -0.396 e. The molecular weight excluding hydrogens is 302 g/mol. The first kappa shape index (κ1) is 14.6. The fourth-order valence-electron chi connectivity index (χ4n) is 3.72. The van der Waals surface area contributed by atoms with Gasteiger partial charge in [0.15, 0.2) is 0 Å². The molecule has 1 heterocycles. The maximum absolute atomic E-state index is 6.02. The summed E-state index contributed by atoms with van der Waals surface area (Å²) in [6.07, 6.45) is 5.38. The molecule has 1 aromatic rings. The van der Waals surface area contributed by atoms with Crippen LogP contribution in [0.15, 0.2) is 16.7 Å². The average molecular weight is 326 g/mol. The lowest BCUT2D eigenvalue weighted by molar-refractivity contribution is 0.105. The number of hydrogen-bond donors (Lipinski definition) is 2. The van der Waals surface area contributed by atoms with Gasteiger partial charge in [0, 0.05) is 16.7 Å². The van der Waals surface area contributed by atoms with Crippen LogP contribution in [0.2, 0.25) is 0 Å². The van der Waals surface area contributed by atoms with Gasteiger partial charge in [0.2, 0.25) is 0 Å². The lowest BCUT2D eigenvalue weighted by Crippen LogP contribution is -2.40. The highest BCUT2D eigenvalue weighted by Crippen LogP contribution is 2.46. The van der Waals surface area contributed by atoms with Crippen molar-refractivity contribution < 1.29 is 0 Å². The molecule has 0 aliphatic heterocycles. The van der Waals surface area contributed by atoms with Gasteiger partial charge in [-0.15, -0.1) is 0 Å². The van der Waals surface area contributed by atoms with E-state index in [0.29, 0.717) is 22.6 Å². The van der Waals surface area contributed by atoms with Crippen molar-refractivity contribution in [3.05, 3.63) is 16.7 Å². The molecule has 4 heteroatoms. The van der Waals surface area contributed by atoms with E-state index in [1.54, 1.807) is 6.20 Å². The average Bonchev–Trinajstić information content (AvgIpc) is 2.17. The molecule has 3 nitrogen and oxygen atoms in total. The number of nitrogen functional groups attached to an aromatic ring is 1. The third-order valence-electron chi connectivity index (χ3n) is 3.78. The van der Waals surface area contributed by atoms with E-state index in [4.69, 9.17) is 5.73 Å². The molecule has 0 amide bonds. The first-order valence-corrected chi connectivity index (χ1v) is 7.64. The first-order valence-electron chi connectivity index (χ1n) is 6.84. The van der Waals surface area contributed by atoms with Crippen LogP contribution in [-0.2, 0) is 0 Å². The summed E-state index contributed by atoms with van der Waals surface area (Å²) >= 11 is 3.39. The first-order chi connectivity index (χ1) is 8.67. The van der Waals surface area contributed by atoms with Crippen molar-refractivity contribution in [2.75, 3.05) is 11.1 Å². The quantitative estimate of drug-likeness (QED) is 0.844. The number of nitrogens with two attached hydrogens (primary N) is 1. The summed E-state index contributed by atoms with van der Waals surface area (Å²) in [5.74, 6) is 0.807. The Hall–Kier alpha value is -0.770. The number of rotatable bonds is 2. The molecule has 0 atom stereocenters. The van der Waals surface area contributed by atoms with E-state index in [1.165, 1.54) is 6.42 Å². The van der Waals surface area contributed by atoms with Gasteiger partial charge in [-0.2, -0.15) is 0 Å². The lowest BCUT2D eigenvalue weighted by atomic mass is 9.63. The van der Waals surface area contributed by atoms with Crippen LogP contribution < -0.4 is 11.1 Å². The summed E-state index contributed by atoms with van der Waals surface area (Å²) in [6.45, 7) is 9.39. The maximum Gasteiger partial charge on any atom is 0.149 e. The Labute approximate surface area is 124 Å². The van der Waals surface area contributed by atoms with E-state index < -0.39 is 0 Å². The molecule has 1 aliphatic rings. The second-order valence-corrected chi connectivity index (χ2v) is 8.26. The molecule has 0 saturated heterocycles. The summed E-state index contributed by atoms with van der Waals surface area (Å²) in [6, 6.07) is 2.34. The van der Waals surface area contributed by atoms with Gasteiger partial charge in [-0.3, -0.25) is 0 Å². The van der Waals surface area contributed by atoms with Gasteiger partial charge < -0.3 is 11.1 Å². The molecule has 0 radical (unpaired) electrons. The highest BCUT2D eigenvalue weighted by molar-refractivity contribution is 9.10. The van der Waals surface area contributed by atoms with Crippen molar-refractivity contribution >= 4 is 27.4 Å². The smallest absolute Gasteiger partial charge is 0.149 e. The summed E-state index contributed by atoms with van der Waals surface area (Å²) in [7, 11) is 0. The maximum atomic E-state index is 6.02. The van der Waals surface area contributed by atoms with E-state index in [2.05, 4.69) is 53.9 Å². The summed E-state index contributed by atoms with van der Waals surface area (Å²) in [4.78, 5) is 4.38. The van der Waals surface area contributed by atoms with Gasteiger partial charge >= 0.3 is 0 Å². The van der Waals surface area contributed by atoms with Crippen LogP contribution in [0.25, 0.3) is 0 Å². The van der Waals surface area contributed by atoms with Gasteiger partial charge in [0.25, 0.3) is 0 Å². The number of halogens is 1. The number of anilines is 2. The van der Waals surface area contributed by atoms with Gasteiger partial charge in [0.1, 0.15) is 5.82 Å². The standard InChI is InChI=1S/C15H24BrN3/c1-14(2)6-11(7-15(3,4)9-14)19-13-12(17)5-10(16)8-18-13/h5,8,11H,6-7,9,17H2,1-4H3,(H,18,19). The molecule has 1 fully saturated rings. The number of pyridine rings is 1. The minimum absolute atomic E-state index is 0.365. The third kappa shape index (κ3) is 3.85. The van der Waals surface area contributed by atoms with Crippen molar-refractivity contribution in [3.8, 4) is 0 Å². The number of aromatic nitrogens is 1. The Kier molecular flexibility index (Phi) is 3.83. The van der Waals surface area contributed by atoms with Crippen LogP contribution in [0, 0.1) is 10.8 Å². The van der Waals surface area contributed by atoms with Crippen LogP contribution in [-0.4, -0.2) is 11.0 Å². The number of nitrogens with one attached hydrogen (secondary N) is 1. The third-order valence-corrected chi connectivity index (χ3v) is 4.21. The van der Waals surface area contributed by atoms with E-state index in [-0.39, 0.29) is 0 Å². The SMILES string of the molecule is CC1(C)CC(Nc2ncc(Br)cc2N)CC(C)(C)C1. The molecule has 19 heavy (non-hydrogen) atoms. The highest BCUT2D eigenvalue weighted by atomic mass is 79.9. The summed E-state index contributed by atoms with van der Waals surface area (Å²) in [5, 5.41) is 3.53. The van der Waals surface area contributed by atoms with Crippen molar-refractivity contribution in [3.63, 3.8) is 0 Å². The zero-order valence-corrected chi connectivity index (χ0v) is 13.8. The number of hydrogen-bond acceptors (Lipinski definition) is 3. The van der Waals surface area contributed by atoms with Crippen LogP contribution in [0.4, 0.5) is 11.5 Å². The van der Waals surface area contributed by atoms with Gasteiger partial charge in [0.05, 0.1) is 5.69 Å². The molecule has 0 unspecified atom stereocenters. The molecule has 1 aromatic heterocycles. The zero-order valence-electron chi connectivity index (χ0n) is 12.3. The fraction of sp³-hybridized carbons (Fsp3) is 0.667. The van der Waals surface area contributed by atoms with Crippen LogP contribution in [0.1, 0.15) is 47.0 Å². The Bertz CT molecular complexity index is 452. The Morgan fingerprint density at radius 3 is 2.37 bits per heavy atom. The molecule has 0 aromatic carbocycles. The van der Waals surface area contributed by atoms with Crippen molar-refractivity contribution in [2.45, 2.75) is 53.0 Å². The van der Waals surface area contributed by atoms with Crippen molar-refractivity contribution in [1.82, 2.24) is 4.98 Å². The fourth-order valence-corrected chi connectivity index (χ4v) is 4.07. The zero-order chi connectivity index (χ0) is 14.3. The van der Waals surface area contributed by atoms with E-state index >= 15 is 0 Å². The Balaban J connectivity index is 2.14. The molecule has 0 spiro atoms. The van der Waals surface area contributed by atoms with Gasteiger partial charge in [-0.05, 0) is 52.1 Å². The van der Waals surface area contributed by atoms with Crippen LogP contribution in [0.3, 0.4) is 0 Å². The summed E-state index contributed by atoms with van der Waals surface area (Å²) in [5.41, 5.74) is 7.45. The Morgan fingerprint density at radius 1 is 1.26 bits per heavy atom. The predicted molar refractivity (Wildman–Crippen MR) is 85.2 cm³/mol. The molecule has 2 rings (SSSR count). The molecule has 106 valence electrons. The number of nitrogens with zero attached hydrogens (tertiary/aromatic N) is 1. The Morgan fingerprint density at radius 2 is 1.84 bits per heavy atom. The van der Waals surface area contributed by atoms with Crippen LogP contribution >= 0.6 is 15.9 Å². The van der Waals surface area contributed by atoms with Gasteiger partial charge in [-0.25, -0.2) is 4.98 Å². The lowest BCUT2D eigenvalue weighted by Gasteiger charge is -2.45. The van der Waals surface area contributed by atoms with Crippen LogP contribution in [0.5, 0.6) is 0 Å². The molecule has 1 aliphatic carbocycles. The summed E-state index contributed by atoms with van der Waals surface area (Å²) < 4.78 is 0.917. The minimum atomic E-state index is 0.365. The topological polar surface area (TPSA) is 50.9 Å². The monoisotopic (exact) mass is 325 g/mol. The largest absolute Gasteiger partial charge is 0.396 e. The molecule has 0 bridgehead atoms. The molecular formula is C15H24BrN3. The molecule has 1 saturated carbocycles. The van der Waals surface area contributed by atoms with Crippen molar-refractivity contribution in [2.24, 2.45) is 10.8 Å². The second kappa shape index (κ2) is 4.97. The molecule has 3 N–H and O–H groups in total. The normalized spacial score (nSPS) is 22.2.